The van der Waals surface area contributed by atoms with Crippen LogP contribution >= 0.6 is 0 Å². The van der Waals surface area contributed by atoms with Gasteiger partial charge in [-0.3, -0.25) is 19.9 Å². The number of methoxy groups -OCH3 is 1. The van der Waals surface area contributed by atoms with Gasteiger partial charge in [0.05, 0.1) is 30.0 Å². The molecule has 2 aromatic carbocycles. The van der Waals surface area contributed by atoms with Crippen LogP contribution in [0, 0.1) is 10.1 Å². The molecule has 0 aliphatic heterocycles. The molecule has 0 aliphatic rings. The lowest BCUT2D eigenvalue weighted by Crippen LogP contribution is -2.31. The van der Waals surface area contributed by atoms with Crippen LogP contribution in [0.15, 0.2) is 83.5 Å². The summed E-state index contributed by atoms with van der Waals surface area (Å²) in [5.41, 5.74) is 2.88. The highest BCUT2D eigenvalue weighted by Crippen LogP contribution is 2.28. The molecule has 10 heteroatoms. The summed E-state index contributed by atoms with van der Waals surface area (Å²) in [6.45, 7) is 0. The topological polar surface area (TPSA) is 125 Å². The number of nitro benzene ring substituents is 1. The molecule has 186 valence electrons. The van der Waals surface area contributed by atoms with Crippen molar-refractivity contribution in [3.05, 3.63) is 107 Å². The Kier molecular flexibility index (Phi) is 6.38. The summed E-state index contributed by atoms with van der Waals surface area (Å²) >= 11 is 0. The normalized spacial score (nSPS) is 11.8. The molecular formula is C27H23N5O5. The third kappa shape index (κ3) is 4.90. The lowest BCUT2D eigenvalue weighted by atomic mass is 10.1. The Hall–Kier alpha value is -4.99. The summed E-state index contributed by atoms with van der Waals surface area (Å²) in [5, 5.41) is 14.8. The number of aromatic nitrogens is 3. The number of pyridine rings is 1. The third-order valence-electron chi connectivity index (χ3n) is 6.10. The average molecular weight is 498 g/mol. The number of imidazole rings is 1. The van der Waals surface area contributed by atoms with Crippen molar-refractivity contribution in [1.29, 1.82) is 0 Å². The number of carbonyl (C=O) groups excluding carboxylic acids is 1. The molecule has 0 radical (unpaired) electrons. The number of furan rings is 1. The summed E-state index contributed by atoms with van der Waals surface area (Å²) < 4.78 is 12.9. The standard InChI is InChI=1S/C27H23N5O5/c1-31-23(17-6-8-20(9-7-17)32(34)35)16-29-26(31)22(15-19-5-3-4-12-28-19)30-27(33)25-14-18-13-21(36-2)10-11-24(18)37-25/h3-14,16,22H,15H2,1-2H3,(H,30,33). The van der Waals surface area contributed by atoms with Crippen molar-refractivity contribution < 1.29 is 18.9 Å². The van der Waals surface area contributed by atoms with Gasteiger partial charge in [-0.25, -0.2) is 4.98 Å². The molecule has 1 N–H and O–H groups in total. The summed E-state index contributed by atoms with van der Waals surface area (Å²) in [6.07, 6.45) is 3.77. The Balaban J connectivity index is 1.46. The zero-order chi connectivity index (χ0) is 25.9. The van der Waals surface area contributed by atoms with Gasteiger partial charge in [0.15, 0.2) is 5.76 Å². The minimum Gasteiger partial charge on any atom is -0.497 e. The smallest absolute Gasteiger partial charge is 0.287 e. The van der Waals surface area contributed by atoms with Gasteiger partial charge < -0.3 is 19.0 Å². The number of fused-ring (bicyclic) bond motifs is 1. The number of hydrogen-bond donors (Lipinski definition) is 1. The van der Waals surface area contributed by atoms with Gasteiger partial charge in [-0.1, -0.05) is 6.07 Å². The molecule has 5 aromatic rings. The fourth-order valence-electron chi connectivity index (χ4n) is 4.19. The Labute approximate surface area is 211 Å². The summed E-state index contributed by atoms with van der Waals surface area (Å²) in [7, 11) is 3.42. The molecule has 0 saturated carbocycles. The predicted molar refractivity (Wildman–Crippen MR) is 136 cm³/mol. The van der Waals surface area contributed by atoms with Crippen molar-refractivity contribution in [2.24, 2.45) is 7.05 Å². The zero-order valence-electron chi connectivity index (χ0n) is 20.1. The number of amides is 1. The average Bonchev–Trinajstić information content (AvgIpc) is 3.52. The number of carbonyl (C=O) groups is 1. The number of hydrogen-bond acceptors (Lipinski definition) is 7. The van der Waals surface area contributed by atoms with E-state index in [0.29, 0.717) is 23.6 Å². The molecule has 0 aliphatic carbocycles. The van der Waals surface area contributed by atoms with E-state index in [4.69, 9.17) is 9.15 Å². The predicted octanol–water partition coefficient (Wildman–Crippen LogP) is 4.86. The van der Waals surface area contributed by atoms with E-state index in [-0.39, 0.29) is 11.4 Å². The highest BCUT2D eigenvalue weighted by molar-refractivity contribution is 5.96. The second kappa shape index (κ2) is 9.94. The molecule has 5 rings (SSSR count). The van der Waals surface area contributed by atoms with Crippen molar-refractivity contribution in [1.82, 2.24) is 19.9 Å². The molecular weight excluding hydrogens is 474 g/mol. The largest absolute Gasteiger partial charge is 0.497 e. The van der Waals surface area contributed by atoms with E-state index < -0.39 is 16.9 Å². The maximum atomic E-state index is 13.3. The van der Waals surface area contributed by atoms with Gasteiger partial charge in [-0.2, -0.15) is 0 Å². The van der Waals surface area contributed by atoms with Gasteiger partial charge in [0.25, 0.3) is 11.6 Å². The highest BCUT2D eigenvalue weighted by Gasteiger charge is 2.24. The molecule has 0 bridgehead atoms. The second-order valence-electron chi connectivity index (χ2n) is 8.43. The second-order valence-corrected chi connectivity index (χ2v) is 8.43. The van der Waals surface area contributed by atoms with Gasteiger partial charge in [-0.15, -0.1) is 0 Å². The minimum absolute atomic E-state index is 0.00916. The number of nitrogens with zero attached hydrogens (tertiary/aromatic N) is 4. The quantitative estimate of drug-likeness (QED) is 0.240. The van der Waals surface area contributed by atoms with Gasteiger partial charge in [0, 0.05) is 48.4 Å². The van der Waals surface area contributed by atoms with Gasteiger partial charge in [-0.05, 0) is 48.5 Å². The summed E-state index contributed by atoms with van der Waals surface area (Å²) in [4.78, 5) is 32.9. The maximum absolute atomic E-state index is 13.3. The number of benzene rings is 2. The van der Waals surface area contributed by atoms with Crippen LogP contribution in [0.3, 0.4) is 0 Å². The Morgan fingerprint density at radius 1 is 1.14 bits per heavy atom. The first-order chi connectivity index (χ1) is 17.9. The first-order valence-corrected chi connectivity index (χ1v) is 11.5. The van der Waals surface area contributed by atoms with Crippen LogP contribution in [-0.2, 0) is 13.5 Å². The maximum Gasteiger partial charge on any atom is 0.287 e. The molecule has 0 spiro atoms. The van der Waals surface area contributed by atoms with Crippen LogP contribution in [0.1, 0.15) is 28.1 Å². The fraction of sp³-hybridized carbons (Fsp3) is 0.148. The van der Waals surface area contributed by atoms with E-state index in [9.17, 15) is 14.9 Å². The van der Waals surface area contributed by atoms with Crippen molar-refractivity contribution in [3.63, 3.8) is 0 Å². The number of rotatable bonds is 8. The van der Waals surface area contributed by atoms with Crippen LogP contribution in [0.25, 0.3) is 22.2 Å². The summed E-state index contributed by atoms with van der Waals surface area (Å²) in [6, 6.07) is 18.3. The van der Waals surface area contributed by atoms with E-state index in [1.54, 1.807) is 55.9 Å². The first-order valence-electron chi connectivity index (χ1n) is 11.5. The van der Waals surface area contributed by atoms with Crippen molar-refractivity contribution in [3.8, 4) is 17.0 Å². The van der Waals surface area contributed by atoms with Gasteiger partial charge >= 0.3 is 0 Å². The van der Waals surface area contributed by atoms with Crippen LogP contribution < -0.4 is 10.1 Å². The Morgan fingerprint density at radius 2 is 1.95 bits per heavy atom. The SMILES string of the molecule is COc1ccc2oc(C(=O)NC(Cc3ccccn3)c3ncc(-c4ccc([N+](=O)[O-])cc4)n3C)cc2c1. The molecule has 10 nitrogen and oxygen atoms in total. The molecule has 3 heterocycles. The van der Waals surface area contributed by atoms with E-state index in [1.807, 2.05) is 29.8 Å². The first kappa shape index (κ1) is 23.7. The molecule has 1 unspecified atom stereocenters. The molecule has 1 atom stereocenters. The summed E-state index contributed by atoms with van der Waals surface area (Å²) in [5.74, 6) is 1.04. The van der Waals surface area contributed by atoms with E-state index in [2.05, 4.69) is 15.3 Å². The van der Waals surface area contributed by atoms with Crippen LogP contribution in [-0.4, -0.2) is 32.5 Å². The zero-order valence-corrected chi connectivity index (χ0v) is 20.1. The van der Waals surface area contributed by atoms with Gasteiger partial charge in [0.2, 0.25) is 0 Å². The number of ether oxygens (including phenoxy) is 1. The highest BCUT2D eigenvalue weighted by atomic mass is 16.6. The molecule has 0 saturated heterocycles. The van der Waals surface area contributed by atoms with Crippen LogP contribution in [0.2, 0.25) is 0 Å². The molecule has 37 heavy (non-hydrogen) atoms. The molecule has 3 aromatic heterocycles. The van der Waals surface area contributed by atoms with Crippen molar-refractivity contribution in [2.45, 2.75) is 12.5 Å². The third-order valence-corrected chi connectivity index (χ3v) is 6.10. The monoisotopic (exact) mass is 497 g/mol. The molecule has 0 fully saturated rings. The van der Waals surface area contributed by atoms with Crippen molar-refractivity contribution in [2.75, 3.05) is 7.11 Å². The molecule has 1 amide bonds. The van der Waals surface area contributed by atoms with Gasteiger partial charge in [0.1, 0.15) is 17.2 Å². The van der Waals surface area contributed by atoms with Crippen LogP contribution in [0.5, 0.6) is 5.75 Å². The lowest BCUT2D eigenvalue weighted by Gasteiger charge is -2.18. The van der Waals surface area contributed by atoms with E-state index in [0.717, 1.165) is 22.3 Å². The number of nitrogens with one attached hydrogen (secondary N) is 1. The minimum atomic E-state index is -0.526. The van der Waals surface area contributed by atoms with E-state index >= 15 is 0 Å². The fourth-order valence-corrected chi connectivity index (χ4v) is 4.19. The number of non-ortho nitro benzene ring substituents is 1. The lowest BCUT2D eigenvalue weighted by molar-refractivity contribution is -0.384. The Morgan fingerprint density at radius 3 is 2.65 bits per heavy atom. The van der Waals surface area contributed by atoms with Crippen molar-refractivity contribution >= 4 is 22.6 Å². The van der Waals surface area contributed by atoms with Crippen LogP contribution in [0.4, 0.5) is 5.69 Å². The van der Waals surface area contributed by atoms with E-state index in [1.165, 1.54) is 12.1 Å². The Bertz CT molecular complexity index is 1570. The number of nitro groups is 1.